The van der Waals surface area contributed by atoms with Crippen LogP contribution >= 0.6 is 11.6 Å². The maximum absolute atomic E-state index is 6.18. The highest BCUT2D eigenvalue weighted by Crippen LogP contribution is 2.28. The molecule has 0 saturated heterocycles. The molecule has 0 radical (unpaired) electrons. The van der Waals surface area contributed by atoms with E-state index in [9.17, 15) is 0 Å². The Morgan fingerprint density at radius 1 is 1.04 bits per heavy atom. The summed E-state index contributed by atoms with van der Waals surface area (Å²) in [6.07, 6.45) is 1.64. The first-order chi connectivity index (χ1) is 13.1. The predicted molar refractivity (Wildman–Crippen MR) is 108 cm³/mol. The van der Waals surface area contributed by atoms with Gasteiger partial charge in [-0.15, -0.1) is 0 Å². The Bertz CT molecular complexity index is 950. The Morgan fingerprint density at radius 3 is 2.59 bits per heavy atom. The number of halogens is 1. The van der Waals surface area contributed by atoms with Gasteiger partial charge in [0.2, 0.25) is 0 Å². The third kappa shape index (κ3) is 4.63. The molecule has 6 heteroatoms. The fraction of sp³-hybridized carbons (Fsp3) is 0.190. The fourth-order valence-corrected chi connectivity index (χ4v) is 2.74. The van der Waals surface area contributed by atoms with E-state index in [4.69, 9.17) is 25.5 Å². The summed E-state index contributed by atoms with van der Waals surface area (Å²) in [5.41, 5.74) is 5.99. The van der Waals surface area contributed by atoms with Gasteiger partial charge in [0.1, 0.15) is 11.5 Å². The van der Waals surface area contributed by atoms with Gasteiger partial charge in [-0.1, -0.05) is 29.8 Å². The minimum Gasteiger partial charge on any atom is -0.493 e. The lowest BCUT2D eigenvalue weighted by atomic mass is 10.1. The molecular weight excluding hydrogens is 364 g/mol. The summed E-state index contributed by atoms with van der Waals surface area (Å²) in [5.74, 6) is 2.79. The van der Waals surface area contributed by atoms with Crippen LogP contribution in [0.3, 0.4) is 0 Å². The third-order valence-electron chi connectivity index (χ3n) is 4.10. The van der Waals surface area contributed by atoms with Crippen LogP contribution in [0.15, 0.2) is 58.0 Å². The minimum atomic E-state index is 0.554. The molecule has 0 fully saturated rings. The van der Waals surface area contributed by atoms with E-state index in [2.05, 4.69) is 10.5 Å². The van der Waals surface area contributed by atoms with Crippen LogP contribution in [0.5, 0.6) is 11.5 Å². The first kappa shape index (κ1) is 18.9. The first-order valence-corrected chi connectivity index (χ1v) is 8.81. The number of benzene rings is 2. The second-order valence-corrected chi connectivity index (χ2v) is 6.36. The molecule has 0 bridgehead atoms. The molecule has 140 valence electrons. The minimum absolute atomic E-state index is 0.554. The third-order valence-corrected chi connectivity index (χ3v) is 4.50. The van der Waals surface area contributed by atoms with Gasteiger partial charge < -0.3 is 19.3 Å². The van der Waals surface area contributed by atoms with Gasteiger partial charge in [0, 0.05) is 10.6 Å². The normalized spacial score (nSPS) is 11.0. The maximum Gasteiger partial charge on any atom is 0.161 e. The van der Waals surface area contributed by atoms with Gasteiger partial charge >= 0.3 is 0 Å². The molecule has 0 aliphatic rings. The van der Waals surface area contributed by atoms with E-state index in [0.717, 1.165) is 27.5 Å². The predicted octanol–water partition coefficient (Wildman–Crippen LogP) is 5.05. The standard InChI is InChI=1S/C21H21ClN2O3/c1-14-4-6-16(11-18(14)22)19-9-7-17(27-19)13-24-23-12-15-5-8-20(25-2)21(10-15)26-3/h4-11,13,23H,12H2,1-3H3/b24-13-. The summed E-state index contributed by atoms with van der Waals surface area (Å²) in [7, 11) is 3.23. The highest BCUT2D eigenvalue weighted by atomic mass is 35.5. The van der Waals surface area contributed by atoms with Crippen LogP contribution in [0, 0.1) is 6.92 Å². The SMILES string of the molecule is COc1ccc(CN/N=C\c2ccc(-c3ccc(C)c(Cl)c3)o2)cc1OC. The Hall–Kier alpha value is -2.92. The Balaban J connectivity index is 1.61. The second-order valence-electron chi connectivity index (χ2n) is 5.95. The fourth-order valence-electron chi connectivity index (χ4n) is 2.56. The molecule has 3 aromatic rings. The molecule has 0 spiro atoms. The van der Waals surface area contributed by atoms with E-state index in [1.807, 2.05) is 55.5 Å². The molecule has 27 heavy (non-hydrogen) atoms. The molecule has 0 aliphatic carbocycles. The van der Waals surface area contributed by atoms with Crippen molar-refractivity contribution in [1.29, 1.82) is 0 Å². The zero-order chi connectivity index (χ0) is 19.2. The summed E-state index contributed by atoms with van der Waals surface area (Å²) < 4.78 is 16.3. The van der Waals surface area contributed by atoms with Crippen LogP contribution in [-0.4, -0.2) is 20.4 Å². The van der Waals surface area contributed by atoms with Crippen molar-refractivity contribution < 1.29 is 13.9 Å². The maximum atomic E-state index is 6.18. The lowest BCUT2D eigenvalue weighted by Gasteiger charge is -2.09. The number of rotatable bonds is 7. The number of hydrogen-bond acceptors (Lipinski definition) is 5. The Morgan fingerprint density at radius 2 is 1.85 bits per heavy atom. The quantitative estimate of drug-likeness (QED) is 0.457. The first-order valence-electron chi connectivity index (χ1n) is 8.44. The van der Waals surface area contributed by atoms with E-state index in [1.165, 1.54) is 0 Å². The van der Waals surface area contributed by atoms with Crippen LogP contribution < -0.4 is 14.9 Å². The number of aryl methyl sites for hydroxylation is 1. The Kier molecular flexibility index (Phi) is 6.04. The number of methoxy groups -OCH3 is 2. The number of furan rings is 1. The van der Waals surface area contributed by atoms with E-state index in [0.29, 0.717) is 23.8 Å². The number of hydrazone groups is 1. The molecule has 2 aromatic carbocycles. The van der Waals surface area contributed by atoms with Crippen molar-refractivity contribution in [1.82, 2.24) is 5.43 Å². The highest BCUT2D eigenvalue weighted by molar-refractivity contribution is 6.31. The van der Waals surface area contributed by atoms with Gasteiger partial charge in [0.15, 0.2) is 11.5 Å². The molecule has 1 aromatic heterocycles. The van der Waals surface area contributed by atoms with Crippen LogP contribution in [-0.2, 0) is 6.54 Å². The average Bonchev–Trinajstić information content (AvgIpc) is 3.16. The molecule has 1 N–H and O–H groups in total. The topological polar surface area (TPSA) is 56.0 Å². The van der Waals surface area contributed by atoms with Crippen molar-refractivity contribution in [2.24, 2.45) is 5.10 Å². The van der Waals surface area contributed by atoms with E-state index >= 15 is 0 Å². The van der Waals surface area contributed by atoms with Crippen molar-refractivity contribution >= 4 is 17.8 Å². The monoisotopic (exact) mass is 384 g/mol. The van der Waals surface area contributed by atoms with Crippen molar-refractivity contribution in [3.05, 3.63) is 70.4 Å². The van der Waals surface area contributed by atoms with Crippen molar-refractivity contribution in [2.45, 2.75) is 13.5 Å². The molecule has 3 rings (SSSR count). The lowest BCUT2D eigenvalue weighted by molar-refractivity contribution is 0.354. The lowest BCUT2D eigenvalue weighted by Crippen LogP contribution is -2.05. The summed E-state index contributed by atoms with van der Waals surface area (Å²) in [5, 5.41) is 4.93. The molecular formula is C21H21ClN2O3. The zero-order valence-corrected chi connectivity index (χ0v) is 16.2. The summed E-state index contributed by atoms with van der Waals surface area (Å²) in [6.45, 7) is 2.52. The van der Waals surface area contributed by atoms with E-state index < -0.39 is 0 Å². The Labute approximate surface area is 163 Å². The molecule has 5 nitrogen and oxygen atoms in total. The molecule has 0 unspecified atom stereocenters. The van der Waals surface area contributed by atoms with Crippen LogP contribution in [0.2, 0.25) is 5.02 Å². The second kappa shape index (κ2) is 8.64. The van der Waals surface area contributed by atoms with Crippen molar-refractivity contribution in [2.75, 3.05) is 14.2 Å². The van der Waals surface area contributed by atoms with Gasteiger partial charge in [0.05, 0.1) is 27.0 Å². The van der Waals surface area contributed by atoms with Gasteiger partial charge in [-0.05, 0) is 48.4 Å². The molecule has 0 aliphatic heterocycles. The van der Waals surface area contributed by atoms with Crippen LogP contribution in [0.25, 0.3) is 11.3 Å². The van der Waals surface area contributed by atoms with Crippen molar-refractivity contribution in [3.8, 4) is 22.8 Å². The van der Waals surface area contributed by atoms with E-state index in [1.54, 1.807) is 20.4 Å². The van der Waals surface area contributed by atoms with Crippen LogP contribution in [0.1, 0.15) is 16.9 Å². The molecule has 0 atom stereocenters. The summed E-state index contributed by atoms with van der Waals surface area (Å²) in [4.78, 5) is 0. The van der Waals surface area contributed by atoms with Gasteiger partial charge in [0.25, 0.3) is 0 Å². The van der Waals surface area contributed by atoms with Gasteiger partial charge in [-0.2, -0.15) is 5.10 Å². The van der Waals surface area contributed by atoms with Crippen molar-refractivity contribution in [3.63, 3.8) is 0 Å². The number of ether oxygens (including phenoxy) is 2. The smallest absolute Gasteiger partial charge is 0.161 e. The van der Waals surface area contributed by atoms with E-state index in [-0.39, 0.29) is 0 Å². The molecule has 1 heterocycles. The van der Waals surface area contributed by atoms with Crippen LogP contribution in [0.4, 0.5) is 0 Å². The van der Waals surface area contributed by atoms with Gasteiger partial charge in [-0.25, -0.2) is 0 Å². The number of hydrogen-bond donors (Lipinski definition) is 1. The number of nitrogens with zero attached hydrogens (tertiary/aromatic N) is 1. The zero-order valence-electron chi connectivity index (χ0n) is 15.5. The van der Waals surface area contributed by atoms with Gasteiger partial charge in [-0.3, -0.25) is 0 Å². The molecule has 0 amide bonds. The molecule has 0 saturated carbocycles. The summed E-state index contributed by atoms with van der Waals surface area (Å²) in [6, 6.07) is 15.3. The number of nitrogens with one attached hydrogen (secondary N) is 1. The highest BCUT2D eigenvalue weighted by Gasteiger charge is 2.06. The summed E-state index contributed by atoms with van der Waals surface area (Å²) >= 11 is 6.18. The average molecular weight is 385 g/mol. The largest absolute Gasteiger partial charge is 0.493 e.